The Balaban J connectivity index is 0.000000810. The fourth-order valence-corrected chi connectivity index (χ4v) is 1.93. The molecule has 0 aromatic rings. The third-order valence-electron chi connectivity index (χ3n) is 1.38. The Bertz CT molecular complexity index is 129. The summed E-state index contributed by atoms with van der Waals surface area (Å²) < 4.78 is 2.16. The van der Waals surface area contributed by atoms with Crippen LogP contribution in [0.4, 0.5) is 0 Å². The Morgan fingerprint density at radius 3 is 2.90 bits per heavy atom. The van der Waals surface area contributed by atoms with Gasteiger partial charge in [-0.25, -0.2) is 4.58 Å². The first-order valence-electron chi connectivity index (χ1n) is 3.13. The smallest absolute Gasteiger partial charge is 0.198 e. The molecule has 0 saturated heterocycles. The van der Waals surface area contributed by atoms with Gasteiger partial charge < -0.3 is 22.1 Å². The maximum absolute atomic E-state index is 8.57. The highest BCUT2D eigenvalue weighted by atomic mass is 79.9. The Morgan fingerprint density at radius 1 is 1.80 bits per heavy atom. The van der Waals surface area contributed by atoms with Gasteiger partial charge in [0.15, 0.2) is 12.1 Å². The lowest BCUT2D eigenvalue weighted by atomic mass is 10.3. The fraction of sp³-hybridized carbons (Fsp3) is 0.833. The predicted molar refractivity (Wildman–Crippen MR) is 40.2 cm³/mol. The minimum Gasteiger partial charge on any atom is -1.00 e. The van der Waals surface area contributed by atoms with Crippen molar-refractivity contribution in [2.75, 3.05) is 20.2 Å². The van der Waals surface area contributed by atoms with E-state index in [-0.39, 0.29) is 17.0 Å². The van der Waals surface area contributed by atoms with E-state index >= 15 is 0 Å². The molecular weight excluding hydrogens is 214 g/mol. The zero-order valence-corrected chi connectivity index (χ0v) is 8.36. The van der Waals surface area contributed by atoms with E-state index in [1.807, 2.05) is 11.8 Å². The molecule has 0 saturated carbocycles. The molecule has 10 heavy (non-hydrogen) atoms. The van der Waals surface area contributed by atoms with Gasteiger partial charge in [0.2, 0.25) is 0 Å². The molecular formula is C6H12BrNOS. The summed E-state index contributed by atoms with van der Waals surface area (Å²) in [4.78, 5) is 0. The lowest BCUT2D eigenvalue weighted by molar-refractivity contribution is -0.486. The summed E-state index contributed by atoms with van der Waals surface area (Å²) in [6.45, 7) is 1.41. The number of nitrogens with zero attached hydrogens (tertiary/aromatic N) is 1. The number of thioether (sulfide) groups is 1. The Hall–Kier alpha value is 0.460. The van der Waals surface area contributed by atoms with Crippen LogP contribution in [0, 0.1) is 0 Å². The van der Waals surface area contributed by atoms with Gasteiger partial charge in [-0.3, -0.25) is 0 Å². The third-order valence-corrected chi connectivity index (χ3v) is 2.63. The highest BCUT2D eigenvalue weighted by Crippen LogP contribution is 2.16. The molecule has 1 rings (SSSR count). The number of halogens is 1. The topological polar surface area (TPSA) is 23.2 Å². The van der Waals surface area contributed by atoms with Gasteiger partial charge in [0, 0.05) is 6.61 Å². The van der Waals surface area contributed by atoms with Crippen LogP contribution in [0.1, 0.15) is 6.42 Å². The van der Waals surface area contributed by atoms with Gasteiger partial charge in [0.1, 0.15) is 7.05 Å². The minimum absolute atomic E-state index is 0. The Kier molecular flexibility index (Phi) is 5.39. The van der Waals surface area contributed by atoms with Crippen molar-refractivity contribution in [2.24, 2.45) is 0 Å². The second-order valence-corrected chi connectivity index (χ2v) is 3.47. The van der Waals surface area contributed by atoms with Gasteiger partial charge >= 0.3 is 0 Å². The highest BCUT2D eigenvalue weighted by molar-refractivity contribution is 8.12. The first-order valence-corrected chi connectivity index (χ1v) is 4.07. The predicted octanol–water partition coefficient (Wildman–Crippen LogP) is -2.84. The van der Waals surface area contributed by atoms with Crippen LogP contribution in [0.3, 0.4) is 0 Å². The van der Waals surface area contributed by atoms with E-state index in [0.717, 1.165) is 13.0 Å². The summed E-state index contributed by atoms with van der Waals surface area (Å²) in [7, 11) is 2.06. The van der Waals surface area contributed by atoms with Crippen molar-refractivity contribution < 1.29 is 26.7 Å². The van der Waals surface area contributed by atoms with Crippen LogP contribution in [-0.2, 0) is 0 Å². The second kappa shape index (κ2) is 5.16. The van der Waals surface area contributed by atoms with Gasteiger partial charge in [0.25, 0.3) is 0 Å². The average Bonchev–Trinajstić information content (AvgIpc) is 2.17. The zero-order valence-electron chi connectivity index (χ0n) is 5.96. The van der Waals surface area contributed by atoms with Crippen molar-refractivity contribution in [3.05, 3.63) is 0 Å². The van der Waals surface area contributed by atoms with Crippen LogP contribution in [0.5, 0.6) is 0 Å². The number of aliphatic hydroxyl groups excluding tert-OH is 1. The van der Waals surface area contributed by atoms with Gasteiger partial charge in [-0.15, -0.1) is 0 Å². The standard InChI is InChI=1S/C6H12NOS.BrH/c1-7-4-6(2-3-8)9-5-7;/h5-6,8H,2-4H2,1H3;1H/q+1;/p-1. The van der Waals surface area contributed by atoms with Crippen LogP contribution in [0.2, 0.25) is 0 Å². The Labute approximate surface area is 76.1 Å². The summed E-state index contributed by atoms with van der Waals surface area (Å²) in [5.74, 6) is 0. The van der Waals surface area contributed by atoms with Crippen molar-refractivity contribution in [2.45, 2.75) is 11.7 Å². The van der Waals surface area contributed by atoms with Crippen molar-refractivity contribution in [1.82, 2.24) is 0 Å². The van der Waals surface area contributed by atoms with Crippen LogP contribution in [-0.4, -0.2) is 40.7 Å². The van der Waals surface area contributed by atoms with Crippen molar-refractivity contribution in [3.8, 4) is 0 Å². The molecule has 4 heteroatoms. The summed E-state index contributed by atoms with van der Waals surface area (Å²) in [5, 5.41) is 9.19. The van der Waals surface area contributed by atoms with E-state index < -0.39 is 0 Å². The SMILES string of the molecule is C[N+]1=CSC(CCO)C1.[Br-]. The molecule has 60 valence electrons. The number of hydrogen-bond donors (Lipinski definition) is 1. The van der Waals surface area contributed by atoms with Crippen molar-refractivity contribution >= 4 is 17.3 Å². The Morgan fingerprint density at radius 2 is 2.50 bits per heavy atom. The van der Waals surface area contributed by atoms with Gasteiger partial charge in [-0.2, -0.15) is 0 Å². The molecule has 0 spiro atoms. The van der Waals surface area contributed by atoms with Crippen LogP contribution in [0.25, 0.3) is 0 Å². The summed E-state index contributed by atoms with van der Waals surface area (Å²) >= 11 is 1.82. The molecule has 1 aliphatic heterocycles. The zero-order chi connectivity index (χ0) is 6.69. The molecule has 0 amide bonds. The molecule has 0 aliphatic carbocycles. The fourth-order valence-electron chi connectivity index (χ4n) is 0.901. The molecule has 1 unspecified atom stereocenters. The molecule has 0 fully saturated rings. The summed E-state index contributed by atoms with van der Waals surface area (Å²) in [6.07, 6.45) is 0.922. The van der Waals surface area contributed by atoms with Gasteiger partial charge in [0.05, 0.1) is 5.25 Å². The largest absolute Gasteiger partial charge is 1.00 e. The molecule has 0 radical (unpaired) electrons. The van der Waals surface area contributed by atoms with E-state index in [1.165, 1.54) is 0 Å². The van der Waals surface area contributed by atoms with Gasteiger partial charge in [-0.1, -0.05) is 11.8 Å². The maximum atomic E-state index is 8.57. The van der Waals surface area contributed by atoms with E-state index in [1.54, 1.807) is 0 Å². The molecule has 2 nitrogen and oxygen atoms in total. The second-order valence-electron chi connectivity index (χ2n) is 2.32. The molecule has 1 heterocycles. The monoisotopic (exact) mass is 225 g/mol. The molecule has 1 aliphatic rings. The maximum Gasteiger partial charge on any atom is 0.198 e. The van der Waals surface area contributed by atoms with E-state index in [9.17, 15) is 0 Å². The minimum atomic E-state index is 0. The molecule has 1 N–H and O–H groups in total. The van der Waals surface area contributed by atoms with Crippen molar-refractivity contribution in [1.29, 1.82) is 0 Å². The number of aliphatic hydroxyl groups is 1. The molecule has 0 aromatic carbocycles. The number of rotatable bonds is 2. The van der Waals surface area contributed by atoms with E-state index in [4.69, 9.17) is 5.11 Å². The van der Waals surface area contributed by atoms with Crippen LogP contribution < -0.4 is 17.0 Å². The molecule has 0 bridgehead atoms. The average molecular weight is 226 g/mol. The van der Waals surface area contributed by atoms with Crippen LogP contribution >= 0.6 is 11.8 Å². The van der Waals surface area contributed by atoms with Crippen LogP contribution in [0.15, 0.2) is 0 Å². The van der Waals surface area contributed by atoms with Crippen molar-refractivity contribution in [3.63, 3.8) is 0 Å². The quantitative estimate of drug-likeness (QED) is 0.513. The summed E-state index contributed by atoms with van der Waals surface area (Å²) in [6, 6.07) is 0. The highest BCUT2D eigenvalue weighted by Gasteiger charge is 2.19. The first kappa shape index (κ1) is 10.5. The number of hydrogen-bond acceptors (Lipinski definition) is 2. The van der Waals surface area contributed by atoms with Gasteiger partial charge in [-0.05, 0) is 6.42 Å². The third kappa shape index (κ3) is 3.03. The van der Waals surface area contributed by atoms with E-state index in [0.29, 0.717) is 11.9 Å². The van der Waals surface area contributed by atoms with E-state index in [2.05, 4.69) is 17.2 Å². The lowest BCUT2D eigenvalue weighted by Crippen LogP contribution is -3.00. The normalized spacial score (nSPS) is 23.8. The molecule has 0 aromatic heterocycles. The lowest BCUT2D eigenvalue weighted by Gasteiger charge is -1.98. The molecule has 1 atom stereocenters. The first-order chi connectivity index (χ1) is 4.33. The summed E-state index contributed by atoms with van der Waals surface area (Å²) in [5.41, 5.74) is 2.11.